The third-order valence-electron chi connectivity index (χ3n) is 7.33. The van der Waals surface area contributed by atoms with E-state index in [1.165, 1.54) is 16.8 Å². The van der Waals surface area contributed by atoms with E-state index in [9.17, 15) is 5.11 Å². The number of aliphatic hydroxyl groups is 1. The molecule has 3 aromatic rings. The minimum atomic E-state index is -0.179. The van der Waals surface area contributed by atoms with Gasteiger partial charge in [-0.1, -0.05) is 24.3 Å². The Kier molecular flexibility index (Phi) is 7.63. The van der Waals surface area contributed by atoms with Gasteiger partial charge in [0.05, 0.1) is 24.4 Å². The van der Waals surface area contributed by atoms with Gasteiger partial charge in [0.2, 0.25) is 5.95 Å². The second-order valence-corrected chi connectivity index (χ2v) is 10.1. The van der Waals surface area contributed by atoms with Crippen LogP contribution in [0.2, 0.25) is 0 Å². The number of rotatable bonds is 8. The molecule has 35 heavy (non-hydrogen) atoms. The minimum Gasteiger partial charge on any atom is -0.393 e. The number of anilines is 1. The highest BCUT2D eigenvalue weighted by molar-refractivity contribution is 5.81. The highest BCUT2D eigenvalue weighted by atomic mass is 16.5. The van der Waals surface area contributed by atoms with Crippen LogP contribution in [0.25, 0.3) is 16.6 Å². The predicted molar refractivity (Wildman–Crippen MR) is 139 cm³/mol. The van der Waals surface area contributed by atoms with E-state index in [1.54, 1.807) is 7.11 Å². The molecule has 1 aliphatic heterocycles. The Morgan fingerprint density at radius 3 is 2.60 bits per heavy atom. The number of methoxy groups -OCH3 is 1. The Labute approximate surface area is 207 Å². The lowest BCUT2D eigenvalue weighted by Gasteiger charge is -2.27. The molecule has 1 atom stereocenters. The van der Waals surface area contributed by atoms with Gasteiger partial charge in [0.15, 0.2) is 0 Å². The smallest absolute Gasteiger partial charge is 0.241 e. The number of nitrogens with one attached hydrogen (secondary N) is 2. The zero-order valence-electron chi connectivity index (χ0n) is 20.9. The third-order valence-corrected chi connectivity index (χ3v) is 7.33. The Bertz CT molecular complexity index is 1100. The fraction of sp³-hybridized carbons (Fsp3) is 0.556. The summed E-state index contributed by atoms with van der Waals surface area (Å²) in [4.78, 5) is 7.13. The molecule has 1 aromatic carbocycles. The summed E-state index contributed by atoms with van der Waals surface area (Å²) >= 11 is 0. The summed E-state index contributed by atoms with van der Waals surface area (Å²) in [5.41, 5.74) is 5.92. The van der Waals surface area contributed by atoms with Crippen LogP contribution < -0.4 is 10.6 Å². The van der Waals surface area contributed by atoms with Crippen molar-refractivity contribution in [2.45, 2.75) is 57.2 Å². The number of piperazine rings is 1. The first kappa shape index (κ1) is 24.2. The van der Waals surface area contributed by atoms with Crippen molar-refractivity contribution < 1.29 is 9.84 Å². The first-order valence-electron chi connectivity index (χ1n) is 13.0. The van der Waals surface area contributed by atoms with E-state index < -0.39 is 0 Å². The lowest BCUT2D eigenvalue weighted by atomic mass is 9.85. The fourth-order valence-electron chi connectivity index (χ4n) is 5.40. The standard InChI is InChI=1S/C27H38N6O2/c1-19(18-35-2)30-27-29-16-26-24(15-25(33(26)31-27)22-7-9-23(34)10-8-22)21-5-3-20(4-6-21)17-32-13-11-28-12-14-32/h3-6,15-16,19,22-23,28,34H,7-14,17-18H2,1-2H3,(H,30,31)/t19-,22?,23?/m0/s1. The highest BCUT2D eigenvalue weighted by Gasteiger charge is 2.25. The summed E-state index contributed by atoms with van der Waals surface area (Å²) in [5, 5.41) is 21.7. The van der Waals surface area contributed by atoms with Crippen LogP contribution in [0, 0.1) is 0 Å². The number of aromatic nitrogens is 3. The number of benzene rings is 1. The van der Waals surface area contributed by atoms with E-state index in [0.717, 1.165) is 69.5 Å². The van der Waals surface area contributed by atoms with Crippen molar-refractivity contribution in [2.75, 3.05) is 45.2 Å². The van der Waals surface area contributed by atoms with Crippen molar-refractivity contribution >= 4 is 11.5 Å². The van der Waals surface area contributed by atoms with Crippen molar-refractivity contribution in [3.05, 3.63) is 47.8 Å². The lowest BCUT2D eigenvalue weighted by molar-refractivity contribution is 0.121. The van der Waals surface area contributed by atoms with Gasteiger partial charge < -0.3 is 20.5 Å². The molecule has 3 heterocycles. The Morgan fingerprint density at radius 1 is 1.14 bits per heavy atom. The quantitative estimate of drug-likeness (QED) is 0.458. The Morgan fingerprint density at radius 2 is 1.89 bits per heavy atom. The second-order valence-electron chi connectivity index (χ2n) is 10.1. The molecule has 5 rings (SSSR count). The van der Waals surface area contributed by atoms with Crippen LogP contribution in [0.3, 0.4) is 0 Å². The van der Waals surface area contributed by atoms with Gasteiger partial charge >= 0.3 is 0 Å². The van der Waals surface area contributed by atoms with Gasteiger partial charge in [-0.05, 0) is 49.8 Å². The van der Waals surface area contributed by atoms with E-state index >= 15 is 0 Å². The molecule has 188 valence electrons. The van der Waals surface area contributed by atoms with Gasteiger partial charge in [0.25, 0.3) is 0 Å². The Hall–Kier alpha value is -2.52. The zero-order chi connectivity index (χ0) is 24.2. The second kappa shape index (κ2) is 11.0. The average molecular weight is 479 g/mol. The average Bonchev–Trinajstić information content (AvgIpc) is 3.24. The predicted octanol–water partition coefficient (Wildman–Crippen LogP) is 3.27. The van der Waals surface area contributed by atoms with Crippen LogP contribution in [0.1, 0.15) is 49.8 Å². The maximum absolute atomic E-state index is 10.0. The van der Waals surface area contributed by atoms with Crippen molar-refractivity contribution in [3.63, 3.8) is 0 Å². The molecule has 2 aromatic heterocycles. The molecule has 0 spiro atoms. The van der Waals surface area contributed by atoms with Crippen molar-refractivity contribution in [2.24, 2.45) is 0 Å². The van der Waals surface area contributed by atoms with Gasteiger partial charge in [-0.3, -0.25) is 4.90 Å². The van der Waals surface area contributed by atoms with E-state index in [2.05, 4.69) is 62.3 Å². The number of hydrogen-bond acceptors (Lipinski definition) is 7. The van der Waals surface area contributed by atoms with Gasteiger partial charge in [0, 0.05) is 63.1 Å². The Balaban J connectivity index is 1.45. The fourth-order valence-corrected chi connectivity index (χ4v) is 5.40. The van der Waals surface area contributed by atoms with Crippen LogP contribution in [0.4, 0.5) is 5.95 Å². The molecule has 0 amide bonds. The highest BCUT2D eigenvalue weighted by Crippen LogP contribution is 2.37. The number of ether oxygens (including phenoxy) is 1. The van der Waals surface area contributed by atoms with Crippen molar-refractivity contribution in [1.82, 2.24) is 24.8 Å². The largest absolute Gasteiger partial charge is 0.393 e. The zero-order valence-corrected chi connectivity index (χ0v) is 20.9. The number of fused-ring (bicyclic) bond motifs is 1. The number of nitrogens with zero attached hydrogens (tertiary/aromatic N) is 4. The summed E-state index contributed by atoms with van der Waals surface area (Å²) in [7, 11) is 1.70. The summed E-state index contributed by atoms with van der Waals surface area (Å²) in [6.45, 7) is 7.97. The summed E-state index contributed by atoms with van der Waals surface area (Å²) in [5.74, 6) is 0.985. The molecule has 0 radical (unpaired) electrons. The number of hydrogen-bond donors (Lipinski definition) is 3. The molecular weight excluding hydrogens is 440 g/mol. The number of aliphatic hydroxyl groups excluding tert-OH is 1. The lowest BCUT2D eigenvalue weighted by Crippen LogP contribution is -2.42. The third kappa shape index (κ3) is 5.67. The van der Waals surface area contributed by atoms with E-state index in [-0.39, 0.29) is 12.1 Å². The monoisotopic (exact) mass is 478 g/mol. The van der Waals surface area contributed by atoms with Gasteiger partial charge in [-0.15, -0.1) is 5.10 Å². The van der Waals surface area contributed by atoms with Gasteiger partial charge in [-0.25, -0.2) is 9.50 Å². The van der Waals surface area contributed by atoms with E-state index in [1.807, 2.05) is 6.20 Å². The molecule has 1 saturated heterocycles. The van der Waals surface area contributed by atoms with Crippen LogP contribution in [0.5, 0.6) is 0 Å². The topological polar surface area (TPSA) is 87.0 Å². The van der Waals surface area contributed by atoms with Gasteiger partial charge in [0.1, 0.15) is 0 Å². The first-order chi connectivity index (χ1) is 17.1. The maximum atomic E-state index is 10.0. The molecule has 1 aliphatic carbocycles. The molecule has 8 nitrogen and oxygen atoms in total. The van der Waals surface area contributed by atoms with Crippen LogP contribution in [0.15, 0.2) is 36.5 Å². The van der Waals surface area contributed by atoms with Crippen LogP contribution in [-0.4, -0.2) is 76.6 Å². The maximum Gasteiger partial charge on any atom is 0.241 e. The van der Waals surface area contributed by atoms with Crippen LogP contribution >= 0.6 is 0 Å². The molecular formula is C27H38N6O2. The summed E-state index contributed by atoms with van der Waals surface area (Å²) in [6, 6.07) is 11.4. The summed E-state index contributed by atoms with van der Waals surface area (Å²) < 4.78 is 7.33. The van der Waals surface area contributed by atoms with Crippen molar-refractivity contribution in [1.29, 1.82) is 0 Å². The van der Waals surface area contributed by atoms with Crippen LogP contribution in [-0.2, 0) is 11.3 Å². The SMILES string of the molecule is COC[C@H](C)Nc1ncc2c(-c3ccc(CN4CCNCC4)cc3)cc(C3CCC(O)CC3)n2n1. The molecule has 2 fully saturated rings. The first-order valence-corrected chi connectivity index (χ1v) is 13.0. The molecule has 2 aliphatic rings. The minimum absolute atomic E-state index is 0.115. The van der Waals surface area contributed by atoms with Crippen molar-refractivity contribution in [3.8, 4) is 11.1 Å². The summed E-state index contributed by atoms with van der Waals surface area (Å²) in [6.07, 6.45) is 5.39. The normalized spacial score (nSPS) is 22.4. The van der Waals surface area contributed by atoms with E-state index in [0.29, 0.717) is 18.5 Å². The molecule has 8 heteroatoms. The van der Waals surface area contributed by atoms with Gasteiger partial charge in [-0.2, -0.15) is 0 Å². The molecule has 0 bridgehead atoms. The molecule has 3 N–H and O–H groups in total. The molecule has 0 unspecified atom stereocenters. The van der Waals surface area contributed by atoms with E-state index in [4.69, 9.17) is 9.84 Å². The molecule has 1 saturated carbocycles.